The number of amides is 1. The molecule has 0 aliphatic heterocycles. The highest BCUT2D eigenvalue weighted by atomic mass is 32.2. The van der Waals surface area contributed by atoms with Gasteiger partial charge in [-0.25, -0.2) is 12.7 Å². The Hall–Kier alpha value is -1.09. The zero-order chi connectivity index (χ0) is 17.6. The summed E-state index contributed by atoms with van der Waals surface area (Å²) in [5, 5.41) is 2.85. The van der Waals surface area contributed by atoms with E-state index in [1.165, 1.54) is 14.1 Å². The molecule has 6 nitrogen and oxygen atoms in total. The summed E-state index contributed by atoms with van der Waals surface area (Å²) >= 11 is 1.65. The summed E-state index contributed by atoms with van der Waals surface area (Å²) in [4.78, 5) is 12.2. The summed E-state index contributed by atoms with van der Waals surface area (Å²) in [6, 6.07) is 5.73. The van der Waals surface area contributed by atoms with Gasteiger partial charge in [0.05, 0.1) is 17.0 Å². The number of carbonyl (C=O) groups excluding carboxylic acids is 1. The number of nitrogens with zero attached hydrogens (tertiary/aromatic N) is 1. The third-order valence-electron chi connectivity index (χ3n) is 3.49. The van der Waals surface area contributed by atoms with E-state index in [9.17, 15) is 13.2 Å². The lowest BCUT2D eigenvalue weighted by Crippen LogP contribution is -2.41. The maximum atomic E-state index is 12.0. The Balaban J connectivity index is 2.75. The highest BCUT2D eigenvalue weighted by Crippen LogP contribution is 2.18. The van der Waals surface area contributed by atoms with Gasteiger partial charge in [-0.1, -0.05) is 12.1 Å². The first-order valence-corrected chi connectivity index (χ1v) is 10.1. The molecule has 8 heteroatoms. The largest absolute Gasteiger partial charge is 0.348 e. The Kier molecular flexibility index (Phi) is 7.53. The summed E-state index contributed by atoms with van der Waals surface area (Å²) in [5.41, 5.74) is 6.66. The molecule has 0 bridgehead atoms. The molecule has 0 saturated heterocycles. The van der Waals surface area contributed by atoms with Crippen LogP contribution in [0.25, 0.3) is 0 Å². The van der Waals surface area contributed by atoms with Gasteiger partial charge >= 0.3 is 0 Å². The van der Waals surface area contributed by atoms with Crippen LogP contribution in [0.2, 0.25) is 0 Å². The maximum Gasteiger partial charge on any atom is 0.242 e. The van der Waals surface area contributed by atoms with Gasteiger partial charge in [0.15, 0.2) is 0 Å². The maximum absolute atomic E-state index is 12.0. The summed E-state index contributed by atoms with van der Waals surface area (Å²) in [5.74, 6) is 0.636. The average Bonchev–Trinajstić information content (AvgIpc) is 2.52. The van der Waals surface area contributed by atoms with E-state index in [-0.39, 0.29) is 16.8 Å². The van der Waals surface area contributed by atoms with Crippen molar-refractivity contribution < 1.29 is 13.2 Å². The predicted octanol–water partition coefficient (Wildman–Crippen LogP) is 1.19. The Morgan fingerprint density at radius 1 is 1.30 bits per heavy atom. The molecule has 2 atom stereocenters. The monoisotopic (exact) mass is 359 g/mol. The highest BCUT2D eigenvalue weighted by Gasteiger charge is 2.19. The van der Waals surface area contributed by atoms with Crippen molar-refractivity contribution in [2.45, 2.75) is 30.3 Å². The number of sulfonamides is 1. The van der Waals surface area contributed by atoms with E-state index in [0.29, 0.717) is 6.42 Å². The third kappa shape index (κ3) is 5.49. The highest BCUT2D eigenvalue weighted by molar-refractivity contribution is 7.98. The van der Waals surface area contributed by atoms with Crippen LogP contribution >= 0.6 is 11.8 Å². The molecule has 0 aromatic heterocycles. The second-order valence-corrected chi connectivity index (χ2v) is 8.61. The van der Waals surface area contributed by atoms with Gasteiger partial charge < -0.3 is 11.1 Å². The number of nitrogens with two attached hydrogens (primary N) is 1. The third-order valence-corrected chi connectivity index (χ3v) is 5.96. The molecule has 0 spiro atoms. The fourth-order valence-corrected chi connectivity index (χ4v) is 3.31. The molecule has 3 N–H and O–H groups in total. The van der Waals surface area contributed by atoms with Crippen molar-refractivity contribution in [2.75, 3.05) is 26.1 Å². The smallest absolute Gasteiger partial charge is 0.242 e. The molecule has 1 rings (SSSR count). The second kappa shape index (κ2) is 8.68. The molecular formula is C15H25N3O3S2. The molecular weight excluding hydrogens is 334 g/mol. The van der Waals surface area contributed by atoms with E-state index in [2.05, 4.69) is 5.32 Å². The topological polar surface area (TPSA) is 92.5 Å². The van der Waals surface area contributed by atoms with Gasteiger partial charge in [-0.2, -0.15) is 11.8 Å². The van der Waals surface area contributed by atoms with Gasteiger partial charge in [0, 0.05) is 14.1 Å². The summed E-state index contributed by atoms with van der Waals surface area (Å²) in [6.45, 7) is 1.84. The number of carbonyl (C=O) groups is 1. The van der Waals surface area contributed by atoms with Crippen molar-refractivity contribution in [3.63, 3.8) is 0 Å². The predicted molar refractivity (Wildman–Crippen MR) is 94.8 cm³/mol. The van der Waals surface area contributed by atoms with Gasteiger partial charge in [0.25, 0.3) is 0 Å². The molecule has 23 heavy (non-hydrogen) atoms. The van der Waals surface area contributed by atoms with Crippen molar-refractivity contribution in [1.82, 2.24) is 9.62 Å². The van der Waals surface area contributed by atoms with Crippen LogP contribution < -0.4 is 11.1 Å². The molecule has 2 unspecified atom stereocenters. The molecule has 0 fully saturated rings. The van der Waals surface area contributed by atoms with Crippen LogP contribution in [-0.2, 0) is 14.8 Å². The summed E-state index contributed by atoms with van der Waals surface area (Å²) in [6.07, 6.45) is 2.59. The quantitative estimate of drug-likeness (QED) is 0.727. The SMILES string of the molecule is CSCCC(N)C(=O)NC(C)c1ccc(S(=O)(=O)N(C)C)cc1. The fourth-order valence-electron chi connectivity index (χ4n) is 1.92. The van der Waals surface area contributed by atoms with Crippen LogP contribution in [0.1, 0.15) is 24.9 Å². The Morgan fingerprint density at radius 3 is 2.35 bits per heavy atom. The number of nitrogens with one attached hydrogen (secondary N) is 1. The van der Waals surface area contributed by atoms with Gasteiger partial charge in [-0.15, -0.1) is 0 Å². The van der Waals surface area contributed by atoms with Crippen LogP contribution in [-0.4, -0.2) is 50.8 Å². The van der Waals surface area contributed by atoms with Crippen LogP contribution in [0.15, 0.2) is 29.2 Å². The van der Waals surface area contributed by atoms with E-state index in [1.807, 2.05) is 13.2 Å². The van der Waals surface area contributed by atoms with Crippen molar-refractivity contribution in [3.8, 4) is 0 Å². The number of hydrogen-bond acceptors (Lipinski definition) is 5. The van der Waals surface area contributed by atoms with Crippen molar-refractivity contribution in [1.29, 1.82) is 0 Å². The lowest BCUT2D eigenvalue weighted by atomic mass is 10.1. The zero-order valence-corrected chi connectivity index (χ0v) is 15.6. The second-order valence-electron chi connectivity index (χ2n) is 5.47. The molecule has 1 aromatic rings. The van der Waals surface area contributed by atoms with Gasteiger partial charge in [0.2, 0.25) is 15.9 Å². The molecule has 0 radical (unpaired) electrons. The zero-order valence-electron chi connectivity index (χ0n) is 13.9. The van der Waals surface area contributed by atoms with E-state index in [1.54, 1.807) is 36.0 Å². The molecule has 0 aliphatic carbocycles. The number of benzene rings is 1. The lowest BCUT2D eigenvalue weighted by molar-refractivity contribution is -0.123. The van der Waals surface area contributed by atoms with Crippen LogP contribution in [0, 0.1) is 0 Å². The summed E-state index contributed by atoms with van der Waals surface area (Å²) in [7, 11) is -0.466. The van der Waals surface area contributed by atoms with E-state index in [4.69, 9.17) is 5.73 Å². The lowest BCUT2D eigenvalue weighted by Gasteiger charge is -2.18. The Morgan fingerprint density at radius 2 is 1.87 bits per heavy atom. The first-order valence-electron chi connectivity index (χ1n) is 7.27. The standard InChI is InChI=1S/C15H25N3O3S2/c1-11(17-15(19)14(16)9-10-22-4)12-5-7-13(8-6-12)23(20,21)18(2)3/h5-8,11,14H,9-10,16H2,1-4H3,(H,17,19). The molecule has 0 aliphatic rings. The average molecular weight is 360 g/mol. The van der Waals surface area contributed by atoms with Crippen LogP contribution in [0.5, 0.6) is 0 Å². The fraction of sp³-hybridized carbons (Fsp3) is 0.533. The van der Waals surface area contributed by atoms with Gasteiger partial charge in [-0.3, -0.25) is 4.79 Å². The molecule has 0 heterocycles. The Labute approximate surface area is 142 Å². The van der Waals surface area contributed by atoms with Crippen LogP contribution in [0.3, 0.4) is 0 Å². The van der Waals surface area contributed by atoms with E-state index in [0.717, 1.165) is 15.6 Å². The van der Waals surface area contributed by atoms with E-state index < -0.39 is 16.1 Å². The number of rotatable bonds is 8. The van der Waals surface area contributed by atoms with Crippen molar-refractivity contribution in [3.05, 3.63) is 29.8 Å². The molecule has 1 amide bonds. The Bertz CT molecular complexity index is 615. The normalized spacial score (nSPS) is 14.5. The first kappa shape index (κ1) is 20.0. The van der Waals surface area contributed by atoms with E-state index >= 15 is 0 Å². The van der Waals surface area contributed by atoms with Gasteiger partial charge in [0.1, 0.15) is 0 Å². The van der Waals surface area contributed by atoms with Gasteiger partial charge in [-0.05, 0) is 43.0 Å². The molecule has 1 aromatic carbocycles. The minimum Gasteiger partial charge on any atom is -0.348 e. The number of hydrogen-bond donors (Lipinski definition) is 2. The summed E-state index contributed by atoms with van der Waals surface area (Å²) < 4.78 is 25.2. The first-order chi connectivity index (χ1) is 10.7. The molecule has 0 saturated carbocycles. The minimum atomic E-state index is -3.44. The number of thioether (sulfide) groups is 1. The minimum absolute atomic E-state index is 0.198. The van der Waals surface area contributed by atoms with Crippen LogP contribution in [0.4, 0.5) is 0 Å². The van der Waals surface area contributed by atoms with Crippen molar-refractivity contribution >= 4 is 27.7 Å². The molecule has 130 valence electrons. The van der Waals surface area contributed by atoms with Crippen molar-refractivity contribution in [2.24, 2.45) is 5.73 Å².